The van der Waals surface area contributed by atoms with Crippen molar-refractivity contribution < 1.29 is 4.74 Å². The fourth-order valence-electron chi connectivity index (χ4n) is 1.65. The molecule has 15 heavy (non-hydrogen) atoms. The Morgan fingerprint density at radius 3 is 2.53 bits per heavy atom. The summed E-state index contributed by atoms with van der Waals surface area (Å²) in [5.74, 6) is 0. The number of hydrogen-bond donors (Lipinski definition) is 1. The molecule has 1 saturated heterocycles. The van der Waals surface area contributed by atoms with Crippen LogP contribution in [0.15, 0.2) is 28.7 Å². The first-order valence-electron chi connectivity index (χ1n) is 5.27. The van der Waals surface area contributed by atoms with Crippen LogP contribution in [0, 0.1) is 0 Å². The molecule has 3 heteroatoms. The van der Waals surface area contributed by atoms with Crippen LogP contribution in [-0.2, 0) is 11.2 Å². The molecule has 1 heterocycles. The SMILES string of the molecule is CC1(OCCc2ccc(Br)cc2)CNC1. The van der Waals surface area contributed by atoms with Crippen molar-refractivity contribution >= 4 is 15.9 Å². The second-order valence-electron chi connectivity index (χ2n) is 4.28. The van der Waals surface area contributed by atoms with E-state index in [9.17, 15) is 0 Å². The molecular formula is C12H16BrNO. The molecule has 0 bridgehead atoms. The predicted octanol–water partition coefficient (Wildman–Crippen LogP) is 2.37. The molecule has 1 aromatic rings. The van der Waals surface area contributed by atoms with Crippen LogP contribution in [0.1, 0.15) is 12.5 Å². The van der Waals surface area contributed by atoms with E-state index in [1.54, 1.807) is 0 Å². The Morgan fingerprint density at radius 1 is 1.33 bits per heavy atom. The molecule has 2 nitrogen and oxygen atoms in total. The van der Waals surface area contributed by atoms with Gasteiger partial charge in [-0.15, -0.1) is 0 Å². The summed E-state index contributed by atoms with van der Waals surface area (Å²) in [6.45, 7) is 4.92. The number of hydrogen-bond acceptors (Lipinski definition) is 2. The summed E-state index contributed by atoms with van der Waals surface area (Å²) in [5.41, 5.74) is 1.41. The average molecular weight is 270 g/mol. The average Bonchev–Trinajstić information content (AvgIpc) is 2.19. The van der Waals surface area contributed by atoms with Crippen LogP contribution in [0.25, 0.3) is 0 Å². The maximum Gasteiger partial charge on any atom is 0.0901 e. The maximum atomic E-state index is 5.83. The molecule has 1 aliphatic rings. The first-order chi connectivity index (χ1) is 7.18. The third-order valence-electron chi connectivity index (χ3n) is 2.75. The minimum atomic E-state index is 0.0787. The van der Waals surface area contributed by atoms with Gasteiger partial charge in [0.05, 0.1) is 12.2 Å². The van der Waals surface area contributed by atoms with E-state index in [-0.39, 0.29) is 5.60 Å². The molecule has 0 radical (unpaired) electrons. The minimum absolute atomic E-state index is 0.0787. The van der Waals surface area contributed by atoms with E-state index in [0.29, 0.717) is 0 Å². The van der Waals surface area contributed by atoms with Crippen LogP contribution in [0.3, 0.4) is 0 Å². The lowest BCUT2D eigenvalue weighted by atomic mass is 10.00. The Hall–Kier alpha value is -0.380. The van der Waals surface area contributed by atoms with E-state index < -0.39 is 0 Å². The third kappa shape index (κ3) is 3.03. The highest BCUT2D eigenvalue weighted by Crippen LogP contribution is 2.16. The zero-order chi connectivity index (χ0) is 10.7. The molecule has 0 aromatic heterocycles. The molecular weight excluding hydrogens is 254 g/mol. The van der Waals surface area contributed by atoms with Gasteiger partial charge in [-0.1, -0.05) is 28.1 Å². The van der Waals surface area contributed by atoms with Crippen LogP contribution in [0.5, 0.6) is 0 Å². The molecule has 2 rings (SSSR count). The maximum absolute atomic E-state index is 5.83. The van der Waals surface area contributed by atoms with Crippen LogP contribution in [0.4, 0.5) is 0 Å². The molecule has 1 aromatic carbocycles. The van der Waals surface area contributed by atoms with Crippen molar-refractivity contribution in [1.29, 1.82) is 0 Å². The Labute approximate surface area is 99.1 Å². The lowest BCUT2D eigenvalue weighted by Gasteiger charge is -2.39. The van der Waals surface area contributed by atoms with Crippen molar-refractivity contribution in [3.05, 3.63) is 34.3 Å². The van der Waals surface area contributed by atoms with Gasteiger partial charge in [0.1, 0.15) is 0 Å². The van der Waals surface area contributed by atoms with Crippen LogP contribution >= 0.6 is 15.9 Å². The fourth-order valence-corrected chi connectivity index (χ4v) is 1.91. The largest absolute Gasteiger partial charge is 0.372 e. The Morgan fingerprint density at radius 2 is 2.00 bits per heavy atom. The second kappa shape index (κ2) is 4.64. The normalized spacial score (nSPS) is 18.5. The van der Waals surface area contributed by atoms with Gasteiger partial charge >= 0.3 is 0 Å². The highest BCUT2D eigenvalue weighted by Gasteiger charge is 2.31. The van der Waals surface area contributed by atoms with Gasteiger partial charge < -0.3 is 10.1 Å². The summed E-state index contributed by atoms with van der Waals surface area (Å²) in [6.07, 6.45) is 0.989. The molecule has 0 spiro atoms. The quantitative estimate of drug-likeness (QED) is 0.907. The zero-order valence-electron chi connectivity index (χ0n) is 8.92. The molecule has 0 atom stereocenters. The second-order valence-corrected chi connectivity index (χ2v) is 5.19. The van der Waals surface area contributed by atoms with E-state index in [4.69, 9.17) is 4.74 Å². The highest BCUT2D eigenvalue weighted by molar-refractivity contribution is 9.10. The van der Waals surface area contributed by atoms with Gasteiger partial charge in [-0.05, 0) is 31.0 Å². The van der Waals surface area contributed by atoms with Crippen molar-refractivity contribution in [2.75, 3.05) is 19.7 Å². The molecule has 0 saturated carbocycles. The summed E-state index contributed by atoms with van der Waals surface area (Å²) in [5, 5.41) is 3.23. The molecule has 1 aliphatic heterocycles. The molecule has 1 N–H and O–H groups in total. The fraction of sp³-hybridized carbons (Fsp3) is 0.500. The highest BCUT2D eigenvalue weighted by atomic mass is 79.9. The Kier molecular flexibility index (Phi) is 3.44. The van der Waals surface area contributed by atoms with Gasteiger partial charge in [0.2, 0.25) is 0 Å². The number of ether oxygens (including phenoxy) is 1. The number of nitrogens with one attached hydrogen (secondary N) is 1. The smallest absolute Gasteiger partial charge is 0.0901 e. The van der Waals surface area contributed by atoms with Crippen molar-refractivity contribution in [1.82, 2.24) is 5.32 Å². The van der Waals surface area contributed by atoms with E-state index in [0.717, 1.165) is 30.6 Å². The third-order valence-corrected chi connectivity index (χ3v) is 3.28. The number of benzene rings is 1. The lowest BCUT2D eigenvalue weighted by Crippen LogP contribution is -2.59. The van der Waals surface area contributed by atoms with Crippen molar-refractivity contribution in [3.63, 3.8) is 0 Å². The van der Waals surface area contributed by atoms with Crippen LogP contribution in [0.2, 0.25) is 0 Å². The van der Waals surface area contributed by atoms with Gasteiger partial charge in [-0.25, -0.2) is 0 Å². The van der Waals surface area contributed by atoms with Crippen molar-refractivity contribution in [3.8, 4) is 0 Å². The summed E-state index contributed by atoms with van der Waals surface area (Å²) >= 11 is 3.43. The van der Waals surface area contributed by atoms with E-state index in [2.05, 4.69) is 52.4 Å². The van der Waals surface area contributed by atoms with E-state index >= 15 is 0 Å². The number of halogens is 1. The first-order valence-corrected chi connectivity index (χ1v) is 6.06. The Bertz CT molecular complexity index is 319. The molecule has 82 valence electrons. The van der Waals surface area contributed by atoms with Gasteiger partial charge in [-0.3, -0.25) is 0 Å². The topological polar surface area (TPSA) is 21.3 Å². The van der Waals surface area contributed by atoms with Gasteiger partial charge in [0, 0.05) is 17.6 Å². The van der Waals surface area contributed by atoms with Gasteiger partial charge in [0.15, 0.2) is 0 Å². The van der Waals surface area contributed by atoms with Gasteiger partial charge in [-0.2, -0.15) is 0 Å². The zero-order valence-corrected chi connectivity index (χ0v) is 10.5. The molecule has 1 fully saturated rings. The van der Waals surface area contributed by atoms with Crippen LogP contribution < -0.4 is 5.32 Å². The monoisotopic (exact) mass is 269 g/mol. The molecule has 0 aliphatic carbocycles. The summed E-state index contributed by atoms with van der Waals surface area (Å²) in [4.78, 5) is 0. The van der Waals surface area contributed by atoms with Gasteiger partial charge in [0.25, 0.3) is 0 Å². The predicted molar refractivity (Wildman–Crippen MR) is 65.1 cm³/mol. The minimum Gasteiger partial charge on any atom is -0.372 e. The summed E-state index contributed by atoms with van der Waals surface area (Å²) in [7, 11) is 0. The Balaban J connectivity index is 1.76. The first kappa shape index (κ1) is 11.1. The standard InChI is InChI=1S/C12H16BrNO/c1-12(8-14-9-12)15-7-6-10-2-4-11(13)5-3-10/h2-5,14H,6-9H2,1H3. The summed E-state index contributed by atoms with van der Waals surface area (Å²) in [6, 6.07) is 8.41. The molecule has 0 unspecified atom stereocenters. The van der Waals surface area contributed by atoms with Crippen molar-refractivity contribution in [2.45, 2.75) is 18.9 Å². The van der Waals surface area contributed by atoms with E-state index in [1.807, 2.05) is 0 Å². The number of rotatable bonds is 4. The van der Waals surface area contributed by atoms with Crippen molar-refractivity contribution in [2.24, 2.45) is 0 Å². The van der Waals surface area contributed by atoms with Crippen LogP contribution in [-0.4, -0.2) is 25.3 Å². The van der Waals surface area contributed by atoms with E-state index in [1.165, 1.54) is 5.56 Å². The molecule has 0 amide bonds. The lowest BCUT2D eigenvalue weighted by molar-refractivity contribution is -0.0652. The summed E-state index contributed by atoms with van der Waals surface area (Å²) < 4.78 is 6.95.